The van der Waals surface area contributed by atoms with Crippen LogP contribution in [0.15, 0.2) is 67.0 Å². The van der Waals surface area contributed by atoms with Crippen molar-refractivity contribution in [1.29, 1.82) is 0 Å². The van der Waals surface area contributed by atoms with Gasteiger partial charge >= 0.3 is 0 Å². The maximum atomic E-state index is 5.15. The van der Waals surface area contributed by atoms with E-state index in [1.54, 1.807) is 0 Å². The summed E-state index contributed by atoms with van der Waals surface area (Å²) in [5.41, 5.74) is 6.25. The third kappa shape index (κ3) is 2.54. The average Bonchev–Trinajstić information content (AvgIpc) is 2.93. The van der Waals surface area contributed by atoms with E-state index in [-0.39, 0.29) is 10.8 Å². The van der Waals surface area contributed by atoms with Crippen LogP contribution in [0.1, 0.15) is 50.8 Å². The van der Waals surface area contributed by atoms with E-state index in [2.05, 4.69) is 74.6 Å². The number of aromatic nitrogens is 3. The summed E-state index contributed by atoms with van der Waals surface area (Å²) in [5.74, 6) is 0.827. The van der Waals surface area contributed by atoms with Gasteiger partial charge in [-0.25, -0.2) is 9.97 Å². The summed E-state index contributed by atoms with van der Waals surface area (Å²) in [4.78, 5) is 14.7. The van der Waals surface area contributed by atoms with E-state index >= 15 is 0 Å². The SMILES string of the molecule is CC12CCCC(C)(C1)c1nc(-c3cccc(-c4nccc5ccccc45)c3)ncc12. The minimum absolute atomic E-state index is 0.189. The molecule has 6 rings (SSSR count). The van der Waals surface area contributed by atoms with Crippen molar-refractivity contribution < 1.29 is 0 Å². The summed E-state index contributed by atoms with van der Waals surface area (Å²) in [7, 11) is 0. The van der Waals surface area contributed by atoms with Crippen LogP contribution in [0.4, 0.5) is 0 Å². The topological polar surface area (TPSA) is 38.7 Å². The molecule has 0 saturated heterocycles. The maximum absolute atomic E-state index is 5.15. The summed E-state index contributed by atoms with van der Waals surface area (Å²) >= 11 is 0. The van der Waals surface area contributed by atoms with Crippen LogP contribution in [-0.4, -0.2) is 15.0 Å². The van der Waals surface area contributed by atoms with Crippen LogP contribution in [0.2, 0.25) is 0 Å². The van der Waals surface area contributed by atoms with Crippen molar-refractivity contribution >= 4 is 10.8 Å². The smallest absolute Gasteiger partial charge is 0.159 e. The molecule has 4 aromatic rings. The molecule has 0 spiro atoms. The Labute approximate surface area is 177 Å². The lowest BCUT2D eigenvalue weighted by molar-refractivity contribution is 0.250. The fraction of sp³-hybridized carbons (Fsp3) is 0.296. The Kier molecular flexibility index (Phi) is 3.68. The van der Waals surface area contributed by atoms with Crippen molar-refractivity contribution in [1.82, 2.24) is 15.0 Å². The number of benzene rings is 2. The molecule has 3 nitrogen and oxygen atoms in total. The Balaban J connectivity index is 1.47. The molecule has 2 aliphatic carbocycles. The summed E-state index contributed by atoms with van der Waals surface area (Å²) in [5, 5.41) is 2.37. The molecular weight excluding hydrogens is 366 g/mol. The van der Waals surface area contributed by atoms with Gasteiger partial charge in [-0.3, -0.25) is 4.98 Å². The second kappa shape index (κ2) is 6.21. The van der Waals surface area contributed by atoms with E-state index in [9.17, 15) is 0 Å². The van der Waals surface area contributed by atoms with Crippen molar-refractivity contribution in [3.8, 4) is 22.6 Å². The number of rotatable bonds is 2. The van der Waals surface area contributed by atoms with Crippen molar-refractivity contribution in [3.05, 3.63) is 78.2 Å². The van der Waals surface area contributed by atoms with Crippen LogP contribution < -0.4 is 0 Å². The highest BCUT2D eigenvalue weighted by atomic mass is 14.9. The number of hydrogen-bond donors (Lipinski definition) is 0. The molecule has 0 radical (unpaired) electrons. The fourth-order valence-corrected chi connectivity index (χ4v) is 5.92. The van der Waals surface area contributed by atoms with Crippen molar-refractivity contribution in [2.24, 2.45) is 0 Å². The number of hydrogen-bond acceptors (Lipinski definition) is 3. The molecule has 0 amide bonds. The largest absolute Gasteiger partial charge is 0.256 e. The second-order valence-electron chi connectivity index (χ2n) is 9.57. The predicted octanol–water partition coefficient (Wildman–Crippen LogP) is 6.46. The van der Waals surface area contributed by atoms with Gasteiger partial charge in [0, 0.05) is 34.3 Å². The molecule has 2 aromatic heterocycles. The van der Waals surface area contributed by atoms with Gasteiger partial charge in [-0.2, -0.15) is 0 Å². The Morgan fingerprint density at radius 1 is 0.833 bits per heavy atom. The van der Waals surface area contributed by atoms with Crippen molar-refractivity contribution in [2.45, 2.75) is 50.4 Å². The van der Waals surface area contributed by atoms with Crippen LogP contribution in [0, 0.1) is 0 Å². The third-order valence-corrected chi connectivity index (χ3v) is 7.32. The molecule has 2 heterocycles. The van der Waals surface area contributed by atoms with Gasteiger partial charge in [-0.1, -0.05) is 62.7 Å². The normalized spacial score (nSPS) is 24.7. The first kappa shape index (κ1) is 17.8. The highest BCUT2D eigenvalue weighted by Gasteiger charge is 2.51. The summed E-state index contributed by atoms with van der Waals surface area (Å²) in [6.07, 6.45) is 8.95. The second-order valence-corrected chi connectivity index (χ2v) is 9.57. The Morgan fingerprint density at radius 2 is 1.67 bits per heavy atom. The molecule has 3 heteroatoms. The molecule has 2 unspecified atom stereocenters. The van der Waals surface area contributed by atoms with Crippen LogP contribution in [0.25, 0.3) is 33.4 Å². The fourth-order valence-electron chi connectivity index (χ4n) is 5.92. The molecule has 2 atom stereocenters. The van der Waals surface area contributed by atoms with Crippen LogP contribution in [0.3, 0.4) is 0 Å². The number of fused-ring (bicyclic) bond motifs is 6. The van der Waals surface area contributed by atoms with E-state index in [1.807, 2.05) is 6.20 Å². The monoisotopic (exact) mass is 391 g/mol. The van der Waals surface area contributed by atoms with E-state index < -0.39 is 0 Å². The Hall–Kier alpha value is -3.07. The van der Waals surface area contributed by atoms with Crippen LogP contribution in [0.5, 0.6) is 0 Å². The van der Waals surface area contributed by atoms with Crippen LogP contribution >= 0.6 is 0 Å². The molecule has 1 fully saturated rings. The molecule has 0 aliphatic heterocycles. The van der Waals surface area contributed by atoms with Gasteiger partial charge < -0.3 is 0 Å². The maximum Gasteiger partial charge on any atom is 0.159 e. The van der Waals surface area contributed by atoms with Gasteiger partial charge in [0.15, 0.2) is 5.82 Å². The molecular formula is C27H25N3. The van der Waals surface area contributed by atoms with Gasteiger partial charge in [0.25, 0.3) is 0 Å². The standard InChI is InChI=1S/C27H25N3/c1-26-12-6-13-27(2,17-26)24-22(26)16-29-25(30-24)20-9-5-8-19(15-20)23-21-10-4-3-7-18(21)11-14-28-23/h3-5,7-11,14-16H,6,12-13,17H2,1-2H3. The Bertz CT molecular complexity index is 1290. The lowest BCUT2D eigenvalue weighted by atomic mass is 9.69. The lowest BCUT2D eigenvalue weighted by Crippen LogP contribution is -2.29. The zero-order chi connectivity index (χ0) is 20.3. The van der Waals surface area contributed by atoms with E-state index in [4.69, 9.17) is 15.0 Å². The molecule has 2 aromatic carbocycles. The van der Waals surface area contributed by atoms with Gasteiger partial charge in [0.2, 0.25) is 0 Å². The van der Waals surface area contributed by atoms with Crippen molar-refractivity contribution in [3.63, 3.8) is 0 Å². The summed E-state index contributed by atoms with van der Waals surface area (Å²) in [6.45, 7) is 4.79. The summed E-state index contributed by atoms with van der Waals surface area (Å²) < 4.78 is 0. The van der Waals surface area contributed by atoms with Gasteiger partial charge in [-0.15, -0.1) is 0 Å². The zero-order valence-electron chi connectivity index (χ0n) is 17.5. The quantitative estimate of drug-likeness (QED) is 0.393. The van der Waals surface area contributed by atoms with Crippen molar-refractivity contribution in [2.75, 3.05) is 0 Å². The first-order chi connectivity index (χ1) is 14.6. The average molecular weight is 392 g/mol. The van der Waals surface area contributed by atoms with Gasteiger partial charge in [0.05, 0.1) is 11.4 Å². The highest BCUT2D eigenvalue weighted by molar-refractivity contribution is 5.94. The molecule has 148 valence electrons. The molecule has 2 aliphatic rings. The van der Waals surface area contributed by atoms with Gasteiger partial charge in [0.1, 0.15) is 0 Å². The number of pyridine rings is 1. The van der Waals surface area contributed by atoms with Crippen LogP contribution in [-0.2, 0) is 10.8 Å². The zero-order valence-corrected chi connectivity index (χ0v) is 17.5. The summed E-state index contributed by atoms with van der Waals surface area (Å²) in [6, 6.07) is 19.0. The van der Waals surface area contributed by atoms with E-state index in [1.165, 1.54) is 47.7 Å². The van der Waals surface area contributed by atoms with Gasteiger partial charge in [-0.05, 0) is 47.8 Å². The molecule has 1 saturated carbocycles. The Morgan fingerprint density at radius 3 is 2.60 bits per heavy atom. The first-order valence-electron chi connectivity index (χ1n) is 10.9. The molecule has 30 heavy (non-hydrogen) atoms. The van der Waals surface area contributed by atoms with E-state index in [0.29, 0.717) is 0 Å². The van der Waals surface area contributed by atoms with E-state index in [0.717, 1.165) is 22.6 Å². The molecule has 2 bridgehead atoms. The third-order valence-electron chi connectivity index (χ3n) is 7.32. The molecule has 0 N–H and O–H groups in total. The minimum atomic E-state index is 0.189. The number of nitrogens with zero attached hydrogens (tertiary/aromatic N) is 3. The highest BCUT2D eigenvalue weighted by Crippen LogP contribution is 2.56. The first-order valence-corrected chi connectivity index (χ1v) is 10.9. The predicted molar refractivity (Wildman–Crippen MR) is 121 cm³/mol. The lowest BCUT2D eigenvalue weighted by Gasteiger charge is -2.34. The minimum Gasteiger partial charge on any atom is -0.256 e.